The minimum absolute atomic E-state index is 0.0479. The van der Waals surface area contributed by atoms with E-state index in [0.29, 0.717) is 12.0 Å². The van der Waals surface area contributed by atoms with E-state index < -0.39 is 11.9 Å². The fourth-order valence-corrected chi connectivity index (χ4v) is 8.40. The van der Waals surface area contributed by atoms with Crippen LogP contribution < -0.4 is 14.2 Å². The Morgan fingerprint density at radius 3 is 2.07 bits per heavy atom. The third-order valence-electron chi connectivity index (χ3n) is 11.3. The van der Waals surface area contributed by atoms with Crippen LogP contribution in [0.15, 0.2) is 133 Å². The minimum atomic E-state index is -1.15. The summed E-state index contributed by atoms with van der Waals surface area (Å²) in [6.07, 6.45) is 11.4. The summed E-state index contributed by atoms with van der Waals surface area (Å²) in [5.74, 6) is 0.00338. The Labute approximate surface area is 340 Å². The van der Waals surface area contributed by atoms with Gasteiger partial charge in [-0.3, -0.25) is 0 Å². The van der Waals surface area contributed by atoms with Gasteiger partial charge in [-0.15, -0.1) is 0 Å². The highest BCUT2D eigenvalue weighted by atomic mass is 16.5. The van der Waals surface area contributed by atoms with Crippen LogP contribution in [0.2, 0.25) is 0 Å². The summed E-state index contributed by atoms with van der Waals surface area (Å²) >= 11 is 0. The molecule has 0 aromatic heterocycles. The number of esters is 1. The lowest BCUT2D eigenvalue weighted by Gasteiger charge is -2.14. The van der Waals surface area contributed by atoms with Crippen molar-refractivity contribution in [3.05, 3.63) is 200 Å². The summed E-state index contributed by atoms with van der Waals surface area (Å²) < 4.78 is 16.7. The van der Waals surface area contributed by atoms with E-state index in [0.717, 1.165) is 73.1 Å². The Morgan fingerprint density at radius 2 is 1.31 bits per heavy atom. The molecule has 6 heteroatoms. The van der Waals surface area contributed by atoms with E-state index >= 15 is 0 Å². The van der Waals surface area contributed by atoms with E-state index in [1.165, 1.54) is 56.2 Å². The van der Waals surface area contributed by atoms with Gasteiger partial charge in [0.05, 0.1) is 19.8 Å². The number of aromatic carboxylic acids is 1. The fraction of sp³-hybridized carbons (Fsp3) is 0.192. The van der Waals surface area contributed by atoms with Gasteiger partial charge in [0.1, 0.15) is 22.8 Å². The van der Waals surface area contributed by atoms with Gasteiger partial charge in [0, 0.05) is 0 Å². The minimum Gasteiger partial charge on any atom is -0.497 e. The maximum absolute atomic E-state index is 13.4. The molecule has 0 bridgehead atoms. The van der Waals surface area contributed by atoms with Crippen LogP contribution in [0.3, 0.4) is 0 Å². The number of carboxylic acids is 1. The van der Waals surface area contributed by atoms with E-state index in [4.69, 9.17) is 14.2 Å². The number of methoxy groups -OCH3 is 2. The first-order valence-corrected chi connectivity index (χ1v) is 19.9. The van der Waals surface area contributed by atoms with Gasteiger partial charge in [0.2, 0.25) is 0 Å². The van der Waals surface area contributed by atoms with E-state index in [2.05, 4.69) is 66.7 Å². The molecule has 0 aliphatic heterocycles. The van der Waals surface area contributed by atoms with Crippen LogP contribution in [-0.2, 0) is 44.9 Å². The summed E-state index contributed by atoms with van der Waals surface area (Å²) in [5, 5.41) is 9.98. The molecule has 1 N–H and O–H groups in total. The van der Waals surface area contributed by atoms with Gasteiger partial charge in [0.25, 0.3) is 0 Å². The standard InChI is InChI=1S/C52H46O6/c1-56-45-13-3-7-36(31-45)29-43-26-24-40-11-5-9-38(49(40)43)20-15-34-16-22-42(23-17-34)52(55)58-48-33-35(19-28-47(48)51(53)54)18-21-39-10-6-12-41-25-27-44(50(39)41)30-37-8-4-14-46(32-37)57-2/h3-14,16-17,19,22-23,26,28,30-33H,15,18,20-21,24-25,27,29H2,1-2H3,(H,53,54)/b44-30+. The predicted molar refractivity (Wildman–Crippen MR) is 230 cm³/mol. The lowest BCUT2D eigenvalue weighted by molar-refractivity contribution is 0.0681. The molecule has 2 aliphatic rings. The molecule has 0 radical (unpaired) electrons. The maximum atomic E-state index is 13.4. The summed E-state index contributed by atoms with van der Waals surface area (Å²) in [4.78, 5) is 25.6. The molecule has 58 heavy (non-hydrogen) atoms. The van der Waals surface area contributed by atoms with Gasteiger partial charge >= 0.3 is 11.9 Å². The Hall–Kier alpha value is -6.66. The van der Waals surface area contributed by atoms with Crippen LogP contribution in [0, 0.1) is 0 Å². The monoisotopic (exact) mass is 766 g/mol. The number of carboxylic acid groups (broad SMARTS) is 1. The van der Waals surface area contributed by atoms with Crippen molar-refractivity contribution in [1.82, 2.24) is 0 Å². The van der Waals surface area contributed by atoms with Gasteiger partial charge < -0.3 is 19.3 Å². The molecule has 6 aromatic carbocycles. The number of rotatable bonds is 14. The van der Waals surface area contributed by atoms with Crippen molar-refractivity contribution in [2.75, 3.05) is 14.2 Å². The number of benzene rings is 6. The quantitative estimate of drug-likeness (QED) is 0.0878. The Balaban J connectivity index is 0.927. The molecule has 0 atom stereocenters. The summed E-state index contributed by atoms with van der Waals surface area (Å²) in [6, 6.07) is 41.9. The SMILES string of the molecule is COc1cccc(/C=C2\CCc3cccc(CCc4ccc(C(=O)O)c(OC(=O)c5ccc(CCc6cccc7c6C(Cc6cccc(OC)c6)=CC7)cc5)c4)c32)c1. The first kappa shape index (κ1) is 38.2. The molecule has 0 spiro atoms. The van der Waals surface area contributed by atoms with Crippen molar-refractivity contribution in [2.45, 2.75) is 51.4 Å². The number of hydrogen-bond acceptors (Lipinski definition) is 5. The summed E-state index contributed by atoms with van der Waals surface area (Å²) in [7, 11) is 3.37. The molecule has 6 aromatic rings. The molecular formula is C52H46O6. The average Bonchev–Trinajstić information content (AvgIpc) is 3.86. The Kier molecular flexibility index (Phi) is 11.4. The number of carbonyl (C=O) groups is 2. The fourth-order valence-electron chi connectivity index (χ4n) is 8.40. The molecule has 0 heterocycles. The van der Waals surface area contributed by atoms with Crippen molar-refractivity contribution in [2.24, 2.45) is 0 Å². The molecule has 0 amide bonds. The molecule has 290 valence electrons. The second-order valence-electron chi connectivity index (χ2n) is 15.0. The molecule has 0 unspecified atom stereocenters. The van der Waals surface area contributed by atoms with Crippen molar-refractivity contribution in [3.8, 4) is 17.2 Å². The first-order valence-electron chi connectivity index (χ1n) is 19.9. The van der Waals surface area contributed by atoms with Crippen LogP contribution in [0.1, 0.15) is 82.8 Å². The van der Waals surface area contributed by atoms with Crippen LogP contribution in [0.25, 0.3) is 17.2 Å². The third-order valence-corrected chi connectivity index (χ3v) is 11.3. The summed E-state index contributed by atoms with van der Waals surface area (Å²) in [5.41, 5.74) is 15.2. The predicted octanol–water partition coefficient (Wildman–Crippen LogP) is 10.9. The molecule has 0 saturated heterocycles. The van der Waals surface area contributed by atoms with Crippen molar-refractivity contribution in [1.29, 1.82) is 0 Å². The Bertz CT molecular complexity index is 2560. The van der Waals surface area contributed by atoms with Crippen molar-refractivity contribution in [3.63, 3.8) is 0 Å². The first-order chi connectivity index (χ1) is 28.3. The average molecular weight is 767 g/mol. The highest BCUT2D eigenvalue weighted by Crippen LogP contribution is 2.38. The zero-order chi connectivity index (χ0) is 40.0. The number of carbonyl (C=O) groups excluding carboxylic acids is 1. The topological polar surface area (TPSA) is 82.1 Å². The van der Waals surface area contributed by atoms with E-state index in [9.17, 15) is 14.7 Å². The van der Waals surface area contributed by atoms with E-state index in [1.807, 2.05) is 48.5 Å². The number of fused-ring (bicyclic) bond motifs is 2. The van der Waals surface area contributed by atoms with E-state index in [-0.39, 0.29) is 11.3 Å². The number of ether oxygens (including phenoxy) is 3. The molecule has 2 aliphatic carbocycles. The van der Waals surface area contributed by atoms with Gasteiger partial charge in [-0.2, -0.15) is 0 Å². The smallest absolute Gasteiger partial charge is 0.343 e. The van der Waals surface area contributed by atoms with Gasteiger partial charge in [-0.25, -0.2) is 9.59 Å². The van der Waals surface area contributed by atoms with Gasteiger partial charge in [-0.1, -0.05) is 91.0 Å². The molecule has 6 nitrogen and oxygen atoms in total. The van der Waals surface area contributed by atoms with E-state index in [1.54, 1.807) is 32.4 Å². The molecule has 0 fully saturated rings. The number of aryl methyl sites for hydroxylation is 5. The zero-order valence-electron chi connectivity index (χ0n) is 32.9. The molecule has 8 rings (SSSR count). The number of allylic oxidation sites excluding steroid dienone is 3. The lowest BCUT2D eigenvalue weighted by atomic mass is 9.91. The third kappa shape index (κ3) is 8.52. The Morgan fingerprint density at radius 1 is 0.638 bits per heavy atom. The second-order valence-corrected chi connectivity index (χ2v) is 15.0. The van der Waals surface area contributed by atoms with Gasteiger partial charge in [0.15, 0.2) is 0 Å². The van der Waals surface area contributed by atoms with Crippen molar-refractivity contribution >= 4 is 29.2 Å². The molecular weight excluding hydrogens is 721 g/mol. The molecule has 0 saturated carbocycles. The van der Waals surface area contributed by atoms with Gasteiger partial charge in [-0.05, 0) is 167 Å². The van der Waals surface area contributed by atoms with Crippen LogP contribution >= 0.6 is 0 Å². The largest absolute Gasteiger partial charge is 0.497 e. The van der Waals surface area contributed by atoms with Crippen LogP contribution in [-0.4, -0.2) is 31.3 Å². The number of hydrogen-bond donors (Lipinski definition) is 1. The van der Waals surface area contributed by atoms with Crippen LogP contribution in [0.4, 0.5) is 0 Å². The summed E-state index contributed by atoms with van der Waals surface area (Å²) in [6.45, 7) is 0. The highest BCUT2D eigenvalue weighted by molar-refractivity contribution is 5.95. The van der Waals surface area contributed by atoms with Crippen molar-refractivity contribution < 1.29 is 28.9 Å². The second kappa shape index (κ2) is 17.2. The highest BCUT2D eigenvalue weighted by Gasteiger charge is 2.22. The normalized spacial score (nSPS) is 13.5. The maximum Gasteiger partial charge on any atom is 0.343 e. The zero-order valence-corrected chi connectivity index (χ0v) is 32.9. The lowest BCUT2D eigenvalue weighted by Crippen LogP contribution is -2.12. The van der Waals surface area contributed by atoms with Crippen LogP contribution in [0.5, 0.6) is 17.2 Å².